The van der Waals surface area contributed by atoms with E-state index in [2.05, 4.69) is 24.5 Å². The predicted octanol–water partition coefficient (Wildman–Crippen LogP) is 0.561. The summed E-state index contributed by atoms with van der Waals surface area (Å²) in [7, 11) is 0. The summed E-state index contributed by atoms with van der Waals surface area (Å²) in [6.45, 7) is 8.22. The minimum absolute atomic E-state index is 0.209. The SMILES string of the molecule is CC(C)CCNC(=O)NC(=O)CN1CCC(C(C)O)C1. The van der Waals surface area contributed by atoms with Crippen molar-refractivity contribution < 1.29 is 14.7 Å². The highest BCUT2D eigenvalue weighted by molar-refractivity contribution is 5.95. The van der Waals surface area contributed by atoms with Crippen LogP contribution in [0.15, 0.2) is 0 Å². The van der Waals surface area contributed by atoms with E-state index in [4.69, 9.17) is 0 Å². The molecule has 0 aliphatic carbocycles. The fraction of sp³-hybridized carbons (Fsp3) is 0.857. The molecule has 6 heteroatoms. The van der Waals surface area contributed by atoms with E-state index in [-0.39, 0.29) is 24.5 Å². The molecule has 0 spiro atoms. The average Bonchev–Trinajstić information content (AvgIpc) is 2.76. The van der Waals surface area contributed by atoms with Gasteiger partial charge in [-0.2, -0.15) is 0 Å². The summed E-state index contributed by atoms with van der Waals surface area (Å²) in [4.78, 5) is 25.2. The maximum atomic E-state index is 11.7. The van der Waals surface area contributed by atoms with Gasteiger partial charge in [0, 0.05) is 13.1 Å². The zero-order valence-electron chi connectivity index (χ0n) is 12.7. The molecule has 1 aliphatic heterocycles. The lowest BCUT2D eigenvalue weighted by Gasteiger charge is -2.16. The fourth-order valence-corrected chi connectivity index (χ4v) is 2.29. The van der Waals surface area contributed by atoms with Crippen LogP contribution in [0.25, 0.3) is 0 Å². The zero-order chi connectivity index (χ0) is 15.1. The van der Waals surface area contributed by atoms with Gasteiger partial charge in [-0.25, -0.2) is 4.79 Å². The number of nitrogens with zero attached hydrogens (tertiary/aromatic N) is 1. The first-order valence-electron chi connectivity index (χ1n) is 7.36. The molecule has 3 amide bonds. The van der Waals surface area contributed by atoms with Crippen molar-refractivity contribution in [1.82, 2.24) is 15.5 Å². The summed E-state index contributed by atoms with van der Waals surface area (Å²) < 4.78 is 0. The Balaban J connectivity index is 2.18. The lowest BCUT2D eigenvalue weighted by Crippen LogP contribution is -2.44. The molecule has 1 heterocycles. The highest BCUT2D eigenvalue weighted by Gasteiger charge is 2.27. The molecule has 20 heavy (non-hydrogen) atoms. The summed E-state index contributed by atoms with van der Waals surface area (Å²) in [5, 5.41) is 14.5. The van der Waals surface area contributed by atoms with Crippen molar-refractivity contribution in [3.8, 4) is 0 Å². The van der Waals surface area contributed by atoms with Crippen LogP contribution in [-0.4, -0.2) is 54.2 Å². The fourth-order valence-electron chi connectivity index (χ4n) is 2.29. The zero-order valence-corrected chi connectivity index (χ0v) is 12.7. The Morgan fingerprint density at radius 1 is 1.35 bits per heavy atom. The van der Waals surface area contributed by atoms with Gasteiger partial charge in [0.25, 0.3) is 0 Å². The Bertz CT molecular complexity index is 332. The summed E-state index contributed by atoms with van der Waals surface area (Å²) in [5.74, 6) is 0.453. The van der Waals surface area contributed by atoms with Crippen LogP contribution in [0.5, 0.6) is 0 Å². The number of aliphatic hydroxyl groups is 1. The Morgan fingerprint density at radius 2 is 2.05 bits per heavy atom. The van der Waals surface area contributed by atoms with E-state index in [0.29, 0.717) is 19.0 Å². The number of imide groups is 1. The summed E-state index contributed by atoms with van der Waals surface area (Å²) in [6, 6.07) is -0.429. The van der Waals surface area contributed by atoms with Crippen LogP contribution < -0.4 is 10.6 Å². The predicted molar refractivity (Wildman–Crippen MR) is 77.2 cm³/mol. The highest BCUT2D eigenvalue weighted by Crippen LogP contribution is 2.18. The van der Waals surface area contributed by atoms with Crippen molar-refractivity contribution in [2.24, 2.45) is 11.8 Å². The number of hydrogen-bond acceptors (Lipinski definition) is 4. The quantitative estimate of drug-likeness (QED) is 0.666. The molecule has 0 bridgehead atoms. The Labute approximate surface area is 120 Å². The Hall–Kier alpha value is -1.14. The standard InChI is InChI=1S/C14H27N3O3/c1-10(2)4-6-15-14(20)16-13(19)9-17-7-5-12(8-17)11(3)18/h10-12,18H,4-9H2,1-3H3,(H2,15,16,19,20). The van der Waals surface area contributed by atoms with Crippen LogP contribution >= 0.6 is 0 Å². The van der Waals surface area contributed by atoms with Gasteiger partial charge >= 0.3 is 6.03 Å². The highest BCUT2D eigenvalue weighted by atomic mass is 16.3. The third kappa shape index (κ3) is 6.34. The summed E-state index contributed by atoms with van der Waals surface area (Å²) >= 11 is 0. The van der Waals surface area contributed by atoms with Gasteiger partial charge in [-0.3, -0.25) is 15.0 Å². The van der Waals surface area contributed by atoms with E-state index >= 15 is 0 Å². The van der Waals surface area contributed by atoms with Crippen molar-refractivity contribution in [3.05, 3.63) is 0 Å². The molecule has 0 aromatic rings. The number of amides is 3. The number of aliphatic hydroxyl groups excluding tert-OH is 1. The smallest absolute Gasteiger partial charge is 0.321 e. The van der Waals surface area contributed by atoms with Gasteiger partial charge in [0.2, 0.25) is 5.91 Å². The van der Waals surface area contributed by atoms with E-state index in [1.807, 2.05) is 4.90 Å². The molecule has 2 atom stereocenters. The maximum Gasteiger partial charge on any atom is 0.321 e. The molecule has 1 fully saturated rings. The van der Waals surface area contributed by atoms with Crippen LogP contribution in [0.1, 0.15) is 33.6 Å². The lowest BCUT2D eigenvalue weighted by atomic mass is 10.0. The van der Waals surface area contributed by atoms with Gasteiger partial charge in [0.1, 0.15) is 0 Å². The minimum Gasteiger partial charge on any atom is -0.393 e. The number of nitrogens with one attached hydrogen (secondary N) is 2. The molecule has 0 radical (unpaired) electrons. The number of likely N-dealkylation sites (tertiary alicyclic amines) is 1. The monoisotopic (exact) mass is 285 g/mol. The molecule has 6 nitrogen and oxygen atoms in total. The molecular weight excluding hydrogens is 258 g/mol. The molecule has 1 aliphatic rings. The minimum atomic E-state index is -0.429. The summed E-state index contributed by atoms with van der Waals surface area (Å²) in [6.07, 6.45) is 1.44. The van der Waals surface area contributed by atoms with Crippen LogP contribution in [0.3, 0.4) is 0 Å². The van der Waals surface area contributed by atoms with E-state index in [9.17, 15) is 14.7 Å². The Kier molecular flexibility index (Phi) is 6.95. The van der Waals surface area contributed by atoms with Gasteiger partial charge in [-0.1, -0.05) is 13.8 Å². The van der Waals surface area contributed by atoms with Gasteiger partial charge in [0.15, 0.2) is 0 Å². The van der Waals surface area contributed by atoms with Gasteiger partial charge in [0.05, 0.1) is 12.6 Å². The second-order valence-electron chi connectivity index (χ2n) is 6.01. The van der Waals surface area contributed by atoms with E-state index in [1.54, 1.807) is 6.92 Å². The van der Waals surface area contributed by atoms with E-state index in [0.717, 1.165) is 19.4 Å². The molecule has 1 saturated heterocycles. The number of carbonyl (C=O) groups excluding carboxylic acids is 2. The van der Waals surface area contributed by atoms with Crippen LogP contribution in [-0.2, 0) is 4.79 Å². The lowest BCUT2D eigenvalue weighted by molar-refractivity contribution is -0.121. The molecule has 0 saturated carbocycles. The number of carbonyl (C=O) groups is 2. The van der Waals surface area contributed by atoms with Gasteiger partial charge in [-0.15, -0.1) is 0 Å². The first-order valence-corrected chi connectivity index (χ1v) is 7.36. The average molecular weight is 285 g/mol. The van der Waals surface area contributed by atoms with Crippen molar-refractivity contribution in [1.29, 1.82) is 0 Å². The normalized spacial score (nSPS) is 20.9. The topological polar surface area (TPSA) is 81.7 Å². The van der Waals surface area contributed by atoms with Gasteiger partial charge in [-0.05, 0) is 38.1 Å². The number of hydrogen-bond donors (Lipinski definition) is 3. The van der Waals surface area contributed by atoms with Gasteiger partial charge < -0.3 is 10.4 Å². The maximum absolute atomic E-state index is 11.7. The number of rotatable bonds is 6. The third-order valence-electron chi connectivity index (χ3n) is 3.62. The molecule has 1 rings (SSSR count). The second-order valence-corrected chi connectivity index (χ2v) is 6.01. The third-order valence-corrected chi connectivity index (χ3v) is 3.62. The van der Waals surface area contributed by atoms with Crippen molar-refractivity contribution in [2.45, 2.75) is 39.7 Å². The van der Waals surface area contributed by atoms with Crippen LogP contribution in [0, 0.1) is 11.8 Å². The molecule has 0 aromatic carbocycles. The Morgan fingerprint density at radius 3 is 2.60 bits per heavy atom. The molecule has 116 valence electrons. The van der Waals surface area contributed by atoms with Crippen LogP contribution in [0.4, 0.5) is 4.79 Å². The molecule has 2 unspecified atom stereocenters. The van der Waals surface area contributed by atoms with Crippen molar-refractivity contribution >= 4 is 11.9 Å². The molecular formula is C14H27N3O3. The van der Waals surface area contributed by atoms with E-state index < -0.39 is 6.03 Å². The summed E-state index contributed by atoms with van der Waals surface area (Å²) in [5.41, 5.74) is 0. The van der Waals surface area contributed by atoms with Crippen molar-refractivity contribution in [2.75, 3.05) is 26.2 Å². The largest absolute Gasteiger partial charge is 0.393 e. The first kappa shape index (κ1) is 16.9. The number of urea groups is 1. The molecule has 0 aromatic heterocycles. The van der Waals surface area contributed by atoms with E-state index in [1.165, 1.54) is 0 Å². The first-order chi connectivity index (χ1) is 9.38. The second kappa shape index (κ2) is 8.21. The van der Waals surface area contributed by atoms with Crippen molar-refractivity contribution in [3.63, 3.8) is 0 Å². The van der Waals surface area contributed by atoms with Crippen LogP contribution in [0.2, 0.25) is 0 Å². The molecule has 3 N–H and O–H groups in total.